The van der Waals surface area contributed by atoms with E-state index in [1.807, 2.05) is 19.1 Å². The van der Waals surface area contributed by atoms with Crippen LogP contribution in [0.3, 0.4) is 0 Å². The number of halogens is 1. The molecule has 0 spiro atoms. The molecule has 2 aromatic rings. The van der Waals surface area contributed by atoms with Gasteiger partial charge in [0.1, 0.15) is 5.75 Å². The van der Waals surface area contributed by atoms with Crippen molar-refractivity contribution >= 4 is 33.6 Å². The predicted octanol–water partition coefficient (Wildman–Crippen LogP) is 3.50. The minimum Gasteiger partial charge on any atom is -0.474 e. The highest BCUT2D eigenvalue weighted by Crippen LogP contribution is 2.32. The SMILES string of the molecule is C#CC(C)(C)Oc1ccc2c(C)cc(=O)oc2c1I. The lowest BCUT2D eigenvalue weighted by molar-refractivity contribution is 0.171. The molecule has 0 atom stereocenters. The van der Waals surface area contributed by atoms with Crippen molar-refractivity contribution < 1.29 is 9.15 Å². The maximum absolute atomic E-state index is 11.5. The summed E-state index contributed by atoms with van der Waals surface area (Å²) in [6.07, 6.45) is 5.41. The molecule has 19 heavy (non-hydrogen) atoms. The largest absolute Gasteiger partial charge is 0.474 e. The lowest BCUT2D eigenvalue weighted by atomic mass is 10.1. The Hall–Kier alpha value is -1.48. The maximum Gasteiger partial charge on any atom is 0.336 e. The van der Waals surface area contributed by atoms with Gasteiger partial charge in [0.2, 0.25) is 0 Å². The van der Waals surface area contributed by atoms with Crippen LogP contribution in [0.2, 0.25) is 0 Å². The third kappa shape index (κ3) is 2.76. The van der Waals surface area contributed by atoms with Gasteiger partial charge in [0, 0.05) is 11.5 Å². The molecule has 2 rings (SSSR count). The molecular weight excluding hydrogens is 355 g/mol. The van der Waals surface area contributed by atoms with Gasteiger partial charge in [0.25, 0.3) is 0 Å². The fourth-order valence-electron chi connectivity index (χ4n) is 1.72. The van der Waals surface area contributed by atoms with Gasteiger partial charge in [-0.3, -0.25) is 0 Å². The highest BCUT2D eigenvalue weighted by atomic mass is 127. The minimum atomic E-state index is -0.711. The van der Waals surface area contributed by atoms with Crippen molar-refractivity contribution in [2.75, 3.05) is 0 Å². The van der Waals surface area contributed by atoms with Gasteiger partial charge in [-0.25, -0.2) is 4.79 Å². The van der Waals surface area contributed by atoms with Gasteiger partial charge < -0.3 is 9.15 Å². The molecule has 0 unspecified atom stereocenters. The summed E-state index contributed by atoms with van der Waals surface area (Å²) in [7, 11) is 0. The van der Waals surface area contributed by atoms with Crippen molar-refractivity contribution in [3.63, 3.8) is 0 Å². The van der Waals surface area contributed by atoms with Crippen LogP contribution < -0.4 is 10.4 Å². The Kier molecular flexibility index (Phi) is 3.59. The molecule has 0 amide bonds. The van der Waals surface area contributed by atoms with Crippen LogP contribution in [0.15, 0.2) is 27.4 Å². The summed E-state index contributed by atoms with van der Waals surface area (Å²) in [5, 5.41) is 0.898. The Balaban J connectivity index is 2.65. The molecule has 0 fully saturated rings. The van der Waals surface area contributed by atoms with Gasteiger partial charge in [-0.05, 0) is 61.1 Å². The molecule has 0 radical (unpaired) electrons. The Morgan fingerprint density at radius 2 is 2.11 bits per heavy atom. The fourth-order valence-corrected chi connectivity index (χ4v) is 2.41. The first kappa shape index (κ1) is 13.9. The Bertz CT molecular complexity index is 735. The molecule has 0 aliphatic carbocycles. The normalized spacial score (nSPS) is 11.3. The maximum atomic E-state index is 11.5. The van der Waals surface area contributed by atoms with E-state index in [0.717, 1.165) is 14.5 Å². The first-order valence-electron chi connectivity index (χ1n) is 5.74. The molecule has 0 saturated carbocycles. The molecule has 0 bridgehead atoms. The first-order valence-corrected chi connectivity index (χ1v) is 6.82. The summed E-state index contributed by atoms with van der Waals surface area (Å²) in [4.78, 5) is 11.5. The zero-order valence-corrected chi connectivity index (χ0v) is 13.1. The number of ether oxygens (including phenoxy) is 1. The third-order valence-corrected chi connectivity index (χ3v) is 3.76. The molecule has 0 aliphatic rings. The van der Waals surface area contributed by atoms with Crippen molar-refractivity contribution in [2.24, 2.45) is 0 Å². The van der Waals surface area contributed by atoms with E-state index in [2.05, 4.69) is 28.5 Å². The Morgan fingerprint density at radius 1 is 1.42 bits per heavy atom. The van der Waals surface area contributed by atoms with Crippen LogP contribution in [0.25, 0.3) is 11.0 Å². The monoisotopic (exact) mass is 368 g/mol. The van der Waals surface area contributed by atoms with Crippen LogP contribution in [-0.4, -0.2) is 5.60 Å². The Labute approximate surface area is 125 Å². The van der Waals surface area contributed by atoms with E-state index in [1.165, 1.54) is 6.07 Å². The van der Waals surface area contributed by atoms with Crippen molar-refractivity contribution in [1.29, 1.82) is 0 Å². The summed E-state index contributed by atoms with van der Waals surface area (Å²) in [5.41, 5.74) is 0.344. The smallest absolute Gasteiger partial charge is 0.336 e. The van der Waals surface area contributed by atoms with Crippen molar-refractivity contribution in [3.8, 4) is 18.1 Å². The van der Waals surface area contributed by atoms with Crippen LogP contribution in [-0.2, 0) is 0 Å². The third-order valence-electron chi connectivity index (χ3n) is 2.74. The van der Waals surface area contributed by atoms with Crippen molar-refractivity contribution in [3.05, 3.63) is 37.8 Å². The topological polar surface area (TPSA) is 39.4 Å². The molecule has 1 aromatic carbocycles. The molecule has 1 aromatic heterocycles. The zero-order chi connectivity index (χ0) is 14.2. The molecule has 3 nitrogen and oxygen atoms in total. The predicted molar refractivity (Wildman–Crippen MR) is 83.5 cm³/mol. The second-order valence-electron chi connectivity index (χ2n) is 4.76. The molecule has 0 saturated heterocycles. The van der Waals surface area contributed by atoms with Gasteiger partial charge in [0.15, 0.2) is 11.2 Å². The number of terminal acetylenes is 1. The summed E-state index contributed by atoms with van der Waals surface area (Å²) in [6.45, 7) is 5.49. The summed E-state index contributed by atoms with van der Waals surface area (Å²) in [5.74, 6) is 3.19. The number of hydrogen-bond acceptors (Lipinski definition) is 3. The van der Waals surface area contributed by atoms with Gasteiger partial charge >= 0.3 is 5.63 Å². The lowest BCUT2D eigenvalue weighted by Gasteiger charge is -2.21. The highest BCUT2D eigenvalue weighted by molar-refractivity contribution is 14.1. The van der Waals surface area contributed by atoms with E-state index in [0.29, 0.717) is 11.3 Å². The minimum absolute atomic E-state index is 0.365. The zero-order valence-electron chi connectivity index (χ0n) is 10.9. The number of aryl methyl sites for hydroxylation is 1. The van der Waals surface area contributed by atoms with Gasteiger partial charge in [-0.15, -0.1) is 6.42 Å². The number of hydrogen-bond donors (Lipinski definition) is 0. The van der Waals surface area contributed by atoms with E-state index in [4.69, 9.17) is 15.6 Å². The quantitative estimate of drug-likeness (QED) is 0.463. The number of benzene rings is 1. The molecule has 4 heteroatoms. The van der Waals surface area contributed by atoms with E-state index in [9.17, 15) is 4.79 Å². The first-order chi connectivity index (χ1) is 8.84. The van der Waals surface area contributed by atoms with Crippen LogP contribution in [0.4, 0.5) is 0 Å². The Morgan fingerprint density at radius 3 is 2.74 bits per heavy atom. The van der Waals surface area contributed by atoms with Crippen LogP contribution in [0, 0.1) is 22.8 Å². The van der Waals surface area contributed by atoms with Crippen molar-refractivity contribution in [1.82, 2.24) is 0 Å². The van der Waals surface area contributed by atoms with Crippen LogP contribution in [0.1, 0.15) is 19.4 Å². The van der Waals surface area contributed by atoms with Crippen molar-refractivity contribution in [2.45, 2.75) is 26.4 Å². The summed E-state index contributed by atoms with van der Waals surface area (Å²) in [6, 6.07) is 5.19. The average Bonchev–Trinajstić information content (AvgIpc) is 2.33. The number of fused-ring (bicyclic) bond motifs is 1. The molecule has 1 heterocycles. The summed E-state index contributed by atoms with van der Waals surface area (Å²) < 4.78 is 11.8. The van der Waals surface area contributed by atoms with E-state index >= 15 is 0 Å². The van der Waals surface area contributed by atoms with E-state index in [-0.39, 0.29) is 5.63 Å². The van der Waals surface area contributed by atoms with E-state index in [1.54, 1.807) is 13.8 Å². The van der Waals surface area contributed by atoms with E-state index < -0.39 is 5.60 Å². The average molecular weight is 368 g/mol. The second-order valence-corrected chi connectivity index (χ2v) is 5.84. The summed E-state index contributed by atoms with van der Waals surface area (Å²) >= 11 is 2.10. The standard InChI is InChI=1S/C15H13IO3/c1-5-15(3,4)19-11-7-6-10-9(2)8-12(17)18-14(10)13(11)16/h1,6-8H,2-4H3. The fraction of sp³-hybridized carbons (Fsp3) is 0.267. The van der Waals surface area contributed by atoms with Gasteiger partial charge in [-0.1, -0.05) is 5.92 Å². The molecule has 98 valence electrons. The highest BCUT2D eigenvalue weighted by Gasteiger charge is 2.19. The van der Waals surface area contributed by atoms with Crippen LogP contribution >= 0.6 is 22.6 Å². The molecule has 0 N–H and O–H groups in total. The number of rotatable bonds is 2. The molecule has 0 aliphatic heterocycles. The molecular formula is C15H13IO3. The van der Waals surface area contributed by atoms with Crippen LogP contribution in [0.5, 0.6) is 5.75 Å². The van der Waals surface area contributed by atoms with Gasteiger partial charge in [-0.2, -0.15) is 0 Å². The van der Waals surface area contributed by atoms with Gasteiger partial charge in [0.05, 0.1) is 3.57 Å². The lowest BCUT2D eigenvalue weighted by Crippen LogP contribution is -2.26. The second kappa shape index (κ2) is 4.89.